The summed E-state index contributed by atoms with van der Waals surface area (Å²) in [5.74, 6) is 0.289. The molecule has 0 unspecified atom stereocenters. The van der Waals surface area contributed by atoms with Crippen molar-refractivity contribution in [1.29, 1.82) is 0 Å². The molecule has 1 aromatic carbocycles. The lowest BCUT2D eigenvalue weighted by Gasteiger charge is -2.39. The van der Waals surface area contributed by atoms with E-state index in [0.29, 0.717) is 12.6 Å². The molecule has 2 saturated heterocycles. The largest absolute Gasteiger partial charge is 0.339 e. The number of piperazine rings is 1. The van der Waals surface area contributed by atoms with Crippen LogP contribution in [0.15, 0.2) is 18.2 Å². The highest BCUT2D eigenvalue weighted by Crippen LogP contribution is 2.19. The van der Waals surface area contributed by atoms with E-state index in [9.17, 15) is 9.59 Å². The Balaban J connectivity index is 1.47. The third-order valence-electron chi connectivity index (χ3n) is 6.47. The number of aryl methyl sites for hydroxylation is 2. The van der Waals surface area contributed by atoms with Crippen LogP contribution in [0.1, 0.15) is 44.2 Å². The molecule has 1 aromatic rings. The zero-order chi connectivity index (χ0) is 21.0. The van der Waals surface area contributed by atoms with Crippen molar-refractivity contribution in [2.75, 3.05) is 44.6 Å². The summed E-state index contributed by atoms with van der Waals surface area (Å²) >= 11 is 0. The molecule has 0 saturated carbocycles. The molecule has 2 heterocycles. The minimum Gasteiger partial charge on any atom is -0.339 e. The van der Waals surface area contributed by atoms with Crippen molar-refractivity contribution in [3.05, 3.63) is 29.3 Å². The monoisotopic (exact) mass is 400 g/mol. The topological polar surface area (TPSA) is 55.9 Å². The second kappa shape index (κ2) is 9.72. The number of piperidine rings is 1. The third-order valence-corrected chi connectivity index (χ3v) is 6.47. The number of hydrogen-bond acceptors (Lipinski definition) is 4. The second-order valence-corrected chi connectivity index (χ2v) is 8.73. The minimum absolute atomic E-state index is 0.0327. The predicted octanol–water partition coefficient (Wildman–Crippen LogP) is 2.65. The highest BCUT2D eigenvalue weighted by atomic mass is 16.2. The van der Waals surface area contributed by atoms with Crippen LogP contribution in [0.4, 0.5) is 5.69 Å². The van der Waals surface area contributed by atoms with Crippen LogP contribution in [0.25, 0.3) is 0 Å². The lowest BCUT2D eigenvalue weighted by Crippen LogP contribution is -2.55. The van der Waals surface area contributed by atoms with E-state index in [0.717, 1.165) is 62.4 Å². The van der Waals surface area contributed by atoms with E-state index in [1.807, 2.05) is 32.9 Å². The van der Waals surface area contributed by atoms with Crippen molar-refractivity contribution in [3.8, 4) is 0 Å². The first kappa shape index (κ1) is 21.8. The number of nitrogens with zero attached hydrogens (tertiary/aromatic N) is 3. The lowest BCUT2D eigenvalue weighted by molar-refractivity contribution is -0.136. The summed E-state index contributed by atoms with van der Waals surface area (Å²) in [5.41, 5.74) is 3.10. The summed E-state index contributed by atoms with van der Waals surface area (Å²) < 4.78 is 0. The van der Waals surface area contributed by atoms with Gasteiger partial charge in [-0.1, -0.05) is 12.1 Å². The van der Waals surface area contributed by atoms with Crippen molar-refractivity contribution < 1.29 is 9.59 Å². The molecule has 3 rings (SSSR count). The Labute approximate surface area is 175 Å². The lowest BCUT2D eigenvalue weighted by atomic mass is 10.0. The molecule has 2 atom stereocenters. The number of amides is 2. The molecule has 1 N–H and O–H groups in total. The molecular formula is C23H36N4O2. The fourth-order valence-corrected chi connectivity index (χ4v) is 4.33. The summed E-state index contributed by atoms with van der Waals surface area (Å²) in [6.07, 6.45) is 3.47. The molecule has 0 radical (unpaired) electrons. The maximum atomic E-state index is 12.7. The SMILES string of the molecule is Cc1ccc(C)c(NC(=O)[C@@H](C)N2CCN(CC(=O)N3CCCC[C@@H]3C)CC2)c1. The van der Waals surface area contributed by atoms with Crippen LogP contribution in [0.2, 0.25) is 0 Å². The van der Waals surface area contributed by atoms with E-state index in [2.05, 4.69) is 33.0 Å². The number of anilines is 1. The third kappa shape index (κ3) is 5.58. The quantitative estimate of drug-likeness (QED) is 0.826. The Hall–Kier alpha value is -1.92. The number of carbonyl (C=O) groups is 2. The number of hydrogen-bond donors (Lipinski definition) is 1. The summed E-state index contributed by atoms with van der Waals surface area (Å²) in [5, 5.41) is 3.08. The van der Waals surface area contributed by atoms with Gasteiger partial charge in [0.2, 0.25) is 11.8 Å². The molecule has 29 heavy (non-hydrogen) atoms. The smallest absolute Gasteiger partial charge is 0.241 e. The normalized spacial score (nSPS) is 22.3. The van der Waals surface area contributed by atoms with Gasteiger partial charge < -0.3 is 10.2 Å². The van der Waals surface area contributed by atoms with Gasteiger partial charge in [-0.2, -0.15) is 0 Å². The Morgan fingerprint density at radius 1 is 1.10 bits per heavy atom. The van der Waals surface area contributed by atoms with E-state index < -0.39 is 0 Å². The predicted molar refractivity (Wildman–Crippen MR) is 117 cm³/mol. The van der Waals surface area contributed by atoms with Crippen molar-refractivity contribution in [1.82, 2.24) is 14.7 Å². The van der Waals surface area contributed by atoms with Gasteiger partial charge >= 0.3 is 0 Å². The van der Waals surface area contributed by atoms with Crippen molar-refractivity contribution in [2.24, 2.45) is 0 Å². The molecule has 6 heteroatoms. The van der Waals surface area contributed by atoms with Crippen LogP contribution >= 0.6 is 0 Å². The Morgan fingerprint density at radius 2 is 1.83 bits per heavy atom. The van der Waals surface area contributed by atoms with Crippen LogP contribution in [-0.2, 0) is 9.59 Å². The molecule has 160 valence electrons. The Kier molecular flexibility index (Phi) is 7.30. The molecule has 0 aromatic heterocycles. The number of nitrogens with one attached hydrogen (secondary N) is 1. The van der Waals surface area contributed by atoms with Crippen LogP contribution in [0, 0.1) is 13.8 Å². The maximum absolute atomic E-state index is 12.7. The molecule has 2 fully saturated rings. The molecular weight excluding hydrogens is 364 g/mol. The highest BCUT2D eigenvalue weighted by molar-refractivity contribution is 5.95. The minimum atomic E-state index is -0.185. The molecule has 0 aliphatic carbocycles. The van der Waals surface area contributed by atoms with Gasteiger partial charge in [0.1, 0.15) is 0 Å². The van der Waals surface area contributed by atoms with Crippen molar-refractivity contribution in [3.63, 3.8) is 0 Å². The van der Waals surface area contributed by atoms with Gasteiger partial charge in [-0.3, -0.25) is 19.4 Å². The fraction of sp³-hybridized carbons (Fsp3) is 0.652. The number of carbonyl (C=O) groups excluding carboxylic acids is 2. The fourth-order valence-electron chi connectivity index (χ4n) is 4.33. The van der Waals surface area contributed by atoms with E-state index in [-0.39, 0.29) is 17.9 Å². The number of likely N-dealkylation sites (tertiary alicyclic amines) is 1. The van der Waals surface area contributed by atoms with Crippen molar-refractivity contribution >= 4 is 17.5 Å². The first-order chi connectivity index (χ1) is 13.8. The van der Waals surface area contributed by atoms with E-state index in [1.54, 1.807) is 0 Å². The van der Waals surface area contributed by atoms with E-state index in [4.69, 9.17) is 0 Å². The van der Waals surface area contributed by atoms with Crippen LogP contribution < -0.4 is 5.32 Å². The maximum Gasteiger partial charge on any atom is 0.241 e. The van der Waals surface area contributed by atoms with Crippen LogP contribution in [-0.4, -0.2) is 77.9 Å². The van der Waals surface area contributed by atoms with Gasteiger partial charge in [0.05, 0.1) is 12.6 Å². The summed E-state index contributed by atoms with van der Waals surface area (Å²) in [6.45, 7) is 12.8. The van der Waals surface area contributed by atoms with Gasteiger partial charge in [0.25, 0.3) is 0 Å². The van der Waals surface area contributed by atoms with Gasteiger partial charge in [-0.05, 0) is 64.2 Å². The Bertz CT molecular complexity index is 728. The first-order valence-corrected chi connectivity index (χ1v) is 11.0. The average Bonchev–Trinajstić information content (AvgIpc) is 2.71. The molecule has 0 spiro atoms. The summed E-state index contributed by atoms with van der Waals surface area (Å²) in [6, 6.07) is 6.29. The molecule has 6 nitrogen and oxygen atoms in total. The van der Waals surface area contributed by atoms with Gasteiger partial charge in [-0.15, -0.1) is 0 Å². The van der Waals surface area contributed by atoms with E-state index >= 15 is 0 Å². The number of rotatable bonds is 5. The average molecular weight is 401 g/mol. The molecule has 2 aliphatic rings. The van der Waals surface area contributed by atoms with Gasteiger partial charge in [0, 0.05) is 44.5 Å². The molecule has 2 amide bonds. The zero-order valence-electron chi connectivity index (χ0n) is 18.4. The van der Waals surface area contributed by atoms with Gasteiger partial charge in [0.15, 0.2) is 0 Å². The zero-order valence-corrected chi connectivity index (χ0v) is 18.4. The Morgan fingerprint density at radius 3 is 2.52 bits per heavy atom. The highest BCUT2D eigenvalue weighted by Gasteiger charge is 2.29. The van der Waals surface area contributed by atoms with E-state index in [1.165, 1.54) is 6.42 Å². The first-order valence-electron chi connectivity index (χ1n) is 11.0. The number of benzene rings is 1. The van der Waals surface area contributed by atoms with Crippen LogP contribution in [0.5, 0.6) is 0 Å². The van der Waals surface area contributed by atoms with Gasteiger partial charge in [-0.25, -0.2) is 0 Å². The second-order valence-electron chi connectivity index (χ2n) is 8.73. The standard InChI is InChI=1S/C23H36N4O2/c1-17-8-9-18(2)21(15-17)24-23(29)20(4)26-13-11-25(12-14-26)16-22(28)27-10-6-5-7-19(27)3/h8-9,15,19-20H,5-7,10-14,16H2,1-4H3,(H,24,29)/t19-,20+/m0/s1. The molecule has 0 bridgehead atoms. The summed E-state index contributed by atoms with van der Waals surface area (Å²) in [7, 11) is 0. The molecule has 2 aliphatic heterocycles. The summed E-state index contributed by atoms with van der Waals surface area (Å²) in [4.78, 5) is 31.9. The van der Waals surface area contributed by atoms with Crippen molar-refractivity contribution in [2.45, 2.75) is 59.0 Å². The van der Waals surface area contributed by atoms with Crippen LogP contribution in [0.3, 0.4) is 0 Å².